The highest BCUT2D eigenvalue weighted by Crippen LogP contribution is 2.30. The van der Waals surface area contributed by atoms with E-state index in [1.807, 2.05) is 47.0 Å². The predicted molar refractivity (Wildman–Crippen MR) is 142 cm³/mol. The van der Waals surface area contributed by atoms with Crippen molar-refractivity contribution < 1.29 is 15.0 Å². The first-order valence-electron chi connectivity index (χ1n) is 11.3. The van der Waals surface area contributed by atoms with Crippen LogP contribution in [0, 0.1) is 0 Å². The molecule has 0 spiro atoms. The maximum atomic E-state index is 12.4. The molecule has 4 rings (SSSR count). The Kier molecular flexibility index (Phi) is 7.40. The van der Waals surface area contributed by atoms with E-state index in [9.17, 15) is 15.0 Å². The SMILES string of the molecule is CC(C)(C)c1ccc(-c2nnc(SCC(=O)N/N=C\c3ccc(O)c(O)c3)n2-c2ccccc2)cc1. The number of aromatic nitrogens is 3. The minimum Gasteiger partial charge on any atom is -0.504 e. The molecular formula is C27H27N5O3S. The van der Waals surface area contributed by atoms with Gasteiger partial charge < -0.3 is 10.2 Å². The van der Waals surface area contributed by atoms with Crippen molar-refractivity contribution in [1.82, 2.24) is 20.2 Å². The third-order valence-electron chi connectivity index (χ3n) is 5.39. The first-order valence-corrected chi connectivity index (χ1v) is 12.3. The number of hydrogen-bond acceptors (Lipinski definition) is 7. The summed E-state index contributed by atoms with van der Waals surface area (Å²) in [7, 11) is 0. The summed E-state index contributed by atoms with van der Waals surface area (Å²) in [6.07, 6.45) is 1.38. The monoisotopic (exact) mass is 501 g/mol. The molecule has 0 bridgehead atoms. The molecule has 1 heterocycles. The van der Waals surface area contributed by atoms with Gasteiger partial charge in [0.25, 0.3) is 5.91 Å². The standard InChI is InChI=1S/C27H27N5O3S/c1-27(2,3)20-12-10-19(11-13-20)25-30-31-26(32(25)21-7-5-4-6-8-21)36-17-24(35)29-28-16-18-9-14-22(33)23(34)15-18/h4-16,33-34H,17H2,1-3H3,(H,29,35)/b28-16-. The molecule has 36 heavy (non-hydrogen) atoms. The van der Waals surface area contributed by atoms with Crippen molar-refractivity contribution in [2.45, 2.75) is 31.3 Å². The Morgan fingerprint density at radius 1 is 1.00 bits per heavy atom. The fraction of sp³-hybridized carbons (Fsp3) is 0.185. The van der Waals surface area contributed by atoms with Crippen LogP contribution in [0.5, 0.6) is 11.5 Å². The van der Waals surface area contributed by atoms with Crippen molar-refractivity contribution in [2.24, 2.45) is 5.10 Å². The van der Waals surface area contributed by atoms with Gasteiger partial charge >= 0.3 is 0 Å². The highest BCUT2D eigenvalue weighted by atomic mass is 32.2. The number of benzene rings is 3. The zero-order chi connectivity index (χ0) is 25.7. The Labute approximate surface area is 213 Å². The average molecular weight is 502 g/mol. The highest BCUT2D eigenvalue weighted by molar-refractivity contribution is 7.99. The molecule has 0 aliphatic carbocycles. The van der Waals surface area contributed by atoms with E-state index in [0.717, 1.165) is 11.3 Å². The van der Waals surface area contributed by atoms with Crippen LogP contribution in [-0.2, 0) is 10.2 Å². The molecule has 0 atom stereocenters. The smallest absolute Gasteiger partial charge is 0.250 e. The van der Waals surface area contributed by atoms with Crippen LogP contribution in [0.4, 0.5) is 0 Å². The number of thioether (sulfide) groups is 1. The molecule has 0 aliphatic heterocycles. The van der Waals surface area contributed by atoms with Gasteiger partial charge in [0.1, 0.15) is 0 Å². The largest absolute Gasteiger partial charge is 0.504 e. The van der Waals surface area contributed by atoms with Gasteiger partial charge in [-0.05, 0) is 46.9 Å². The number of phenolic OH excluding ortho intramolecular Hbond substituents is 2. The molecule has 3 aromatic carbocycles. The van der Waals surface area contributed by atoms with Crippen molar-refractivity contribution in [1.29, 1.82) is 0 Å². The van der Waals surface area contributed by atoms with Gasteiger partial charge in [0.15, 0.2) is 22.5 Å². The Morgan fingerprint density at radius 3 is 2.39 bits per heavy atom. The van der Waals surface area contributed by atoms with E-state index in [1.165, 1.54) is 35.7 Å². The van der Waals surface area contributed by atoms with E-state index in [4.69, 9.17) is 0 Å². The molecule has 0 aliphatic rings. The van der Waals surface area contributed by atoms with Gasteiger partial charge in [0, 0.05) is 11.3 Å². The van der Waals surface area contributed by atoms with Gasteiger partial charge in [-0.3, -0.25) is 9.36 Å². The van der Waals surface area contributed by atoms with Gasteiger partial charge in [-0.15, -0.1) is 10.2 Å². The third kappa shape index (κ3) is 5.92. The predicted octanol–water partition coefficient (Wildman–Crippen LogP) is 4.89. The van der Waals surface area contributed by atoms with Crippen LogP contribution in [0.3, 0.4) is 0 Å². The van der Waals surface area contributed by atoms with Gasteiger partial charge in [-0.2, -0.15) is 5.10 Å². The van der Waals surface area contributed by atoms with E-state index < -0.39 is 0 Å². The molecule has 0 fully saturated rings. The minimum atomic E-state index is -0.321. The van der Waals surface area contributed by atoms with Crippen LogP contribution in [0.25, 0.3) is 17.1 Å². The summed E-state index contributed by atoms with van der Waals surface area (Å²) >= 11 is 1.25. The number of carbonyl (C=O) groups is 1. The van der Waals surface area contributed by atoms with Crippen molar-refractivity contribution in [2.75, 3.05) is 5.75 Å². The lowest BCUT2D eigenvalue weighted by molar-refractivity contribution is -0.118. The van der Waals surface area contributed by atoms with E-state index >= 15 is 0 Å². The number of hydrazone groups is 1. The molecular weight excluding hydrogens is 474 g/mol. The first kappa shape index (κ1) is 25.0. The van der Waals surface area contributed by atoms with Gasteiger partial charge in [-0.1, -0.05) is 75.0 Å². The summed E-state index contributed by atoms with van der Waals surface area (Å²) in [5, 5.41) is 32.2. The van der Waals surface area contributed by atoms with Crippen LogP contribution in [0.2, 0.25) is 0 Å². The third-order valence-corrected chi connectivity index (χ3v) is 6.32. The first-order chi connectivity index (χ1) is 17.2. The molecule has 0 saturated carbocycles. The topological polar surface area (TPSA) is 113 Å². The summed E-state index contributed by atoms with van der Waals surface area (Å²) < 4.78 is 1.94. The number of carbonyl (C=O) groups excluding carboxylic acids is 1. The van der Waals surface area contributed by atoms with E-state index in [-0.39, 0.29) is 28.6 Å². The number of aromatic hydroxyl groups is 2. The Hall–Kier alpha value is -4.11. The van der Waals surface area contributed by atoms with E-state index in [2.05, 4.69) is 53.6 Å². The lowest BCUT2D eigenvalue weighted by Crippen LogP contribution is -2.20. The fourth-order valence-electron chi connectivity index (χ4n) is 3.44. The van der Waals surface area contributed by atoms with Crippen LogP contribution < -0.4 is 5.43 Å². The van der Waals surface area contributed by atoms with Crippen LogP contribution >= 0.6 is 11.8 Å². The number of hydrogen-bond donors (Lipinski definition) is 3. The normalized spacial score (nSPS) is 11.6. The number of para-hydroxylation sites is 1. The molecule has 1 amide bonds. The minimum absolute atomic E-state index is 0.0468. The average Bonchev–Trinajstić information content (AvgIpc) is 3.29. The number of nitrogens with zero attached hydrogens (tertiary/aromatic N) is 4. The van der Waals surface area contributed by atoms with Gasteiger partial charge in [0.05, 0.1) is 12.0 Å². The van der Waals surface area contributed by atoms with Crippen molar-refractivity contribution >= 4 is 23.9 Å². The molecule has 0 saturated heterocycles. The number of phenols is 2. The molecule has 1 aromatic heterocycles. The van der Waals surface area contributed by atoms with Crippen LogP contribution in [0.15, 0.2) is 83.1 Å². The van der Waals surface area contributed by atoms with Gasteiger partial charge in [0.2, 0.25) is 0 Å². The fourth-order valence-corrected chi connectivity index (χ4v) is 4.19. The van der Waals surface area contributed by atoms with Crippen molar-refractivity contribution in [3.05, 3.63) is 83.9 Å². The highest BCUT2D eigenvalue weighted by Gasteiger charge is 2.19. The zero-order valence-corrected chi connectivity index (χ0v) is 21.0. The summed E-state index contributed by atoms with van der Waals surface area (Å²) in [6, 6.07) is 22.3. The Bertz CT molecular complexity index is 1380. The second-order valence-corrected chi connectivity index (χ2v) is 10.1. The van der Waals surface area contributed by atoms with Gasteiger partial charge in [-0.25, -0.2) is 5.43 Å². The van der Waals surface area contributed by atoms with Crippen molar-refractivity contribution in [3.8, 4) is 28.6 Å². The maximum Gasteiger partial charge on any atom is 0.250 e. The zero-order valence-electron chi connectivity index (χ0n) is 20.2. The number of rotatable bonds is 7. The Balaban J connectivity index is 1.51. The van der Waals surface area contributed by atoms with Crippen LogP contribution in [-0.4, -0.2) is 42.9 Å². The number of amides is 1. The molecule has 0 unspecified atom stereocenters. The van der Waals surface area contributed by atoms with Crippen LogP contribution in [0.1, 0.15) is 31.9 Å². The summed E-state index contributed by atoms with van der Waals surface area (Å²) in [5.74, 6) is -0.0382. The van der Waals surface area contributed by atoms with E-state index in [0.29, 0.717) is 16.5 Å². The second-order valence-electron chi connectivity index (χ2n) is 9.13. The summed E-state index contributed by atoms with van der Waals surface area (Å²) in [6.45, 7) is 6.52. The molecule has 0 radical (unpaired) electrons. The summed E-state index contributed by atoms with van der Waals surface area (Å²) in [5.41, 5.74) is 6.09. The second kappa shape index (κ2) is 10.7. The maximum absolute atomic E-state index is 12.4. The molecule has 184 valence electrons. The summed E-state index contributed by atoms with van der Waals surface area (Å²) in [4.78, 5) is 12.4. The van der Waals surface area contributed by atoms with E-state index in [1.54, 1.807) is 6.07 Å². The molecule has 8 nitrogen and oxygen atoms in total. The lowest BCUT2D eigenvalue weighted by Gasteiger charge is -2.19. The quantitative estimate of drug-likeness (QED) is 0.144. The molecule has 4 aromatic rings. The molecule has 3 N–H and O–H groups in total. The van der Waals surface area contributed by atoms with Crippen molar-refractivity contribution in [3.63, 3.8) is 0 Å². The number of nitrogens with one attached hydrogen (secondary N) is 1. The lowest BCUT2D eigenvalue weighted by atomic mass is 9.87. The molecule has 9 heteroatoms. The Morgan fingerprint density at radius 2 is 1.72 bits per heavy atom.